The Bertz CT molecular complexity index is 385. The van der Waals surface area contributed by atoms with Crippen LogP contribution in [0.2, 0.25) is 0 Å². The van der Waals surface area contributed by atoms with Gasteiger partial charge in [0.1, 0.15) is 0 Å². The molecule has 0 N–H and O–H groups in total. The molecule has 0 radical (unpaired) electrons. The van der Waals surface area contributed by atoms with Crippen molar-refractivity contribution in [2.75, 3.05) is 0 Å². The normalized spacial score (nSPS) is 51.5. The molecule has 0 heteroatoms. The summed E-state index contributed by atoms with van der Waals surface area (Å²) in [6.45, 7) is 5.05. The Morgan fingerprint density at radius 3 is 2.55 bits per heavy atom. The van der Waals surface area contributed by atoms with Crippen LogP contribution in [0.25, 0.3) is 0 Å². The first-order valence-corrected chi connectivity index (χ1v) is 10.7. The van der Waals surface area contributed by atoms with Crippen molar-refractivity contribution in [1.29, 1.82) is 0 Å². The van der Waals surface area contributed by atoms with E-state index >= 15 is 0 Å². The maximum absolute atomic E-state index is 2.66. The molecule has 0 saturated heterocycles. The van der Waals surface area contributed by atoms with Crippen molar-refractivity contribution in [2.24, 2.45) is 40.9 Å². The molecule has 4 aliphatic carbocycles. The molecule has 4 rings (SSSR count). The van der Waals surface area contributed by atoms with Crippen LogP contribution in [-0.4, -0.2) is 0 Å². The van der Waals surface area contributed by atoms with Gasteiger partial charge < -0.3 is 0 Å². The lowest BCUT2D eigenvalue weighted by Crippen LogP contribution is -2.49. The van der Waals surface area contributed by atoms with E-state index in [1.54, 1.807) is 57.8 Å². The molecule has 126 valence electrons. The largest absolute Gasteiger partial charge is 0.0654 e. The fraction of sp³-hybridized carbons (Fsp3) is 1.00. The van der Waals surface area contributed by atoms with Gasteiger partial charge in [0.25, 0.3) is 0 Å². The van der Waals surface area contributed by atoms with Crippen LogP contribution in [0.1, 0.15) is 97.3 Å². The fourth-order valence-corrected chi connectivity index (χ4v) is 7.78. The van der Waals surface area contributed by atoms with E-state index in [0.717, 1.165) is 40.9 Å². The predicted molar refractivity (Wildman–Crippen MR) is 94.7 cm³/mol. The highest BCUT2D eigenvalue weighted by Crippen LogP contribution is 2.61. The van der Waals surface area contributed by atoms with E-state index < -0.39 is 0 Å². The molecular formula is C22H38. The Labute approximate surface area is 138 Å². The second kappa shape index (κ2) is 6.14. The first-order valence-electron chi connectivity index (χ1n) is 10.7. The van der Waals surface area contributed by atoms with E-state index in [2.05, 4.69) is 13.8 Å². The topological polar surface area (TPSA) is 0 Å². The molecule has 0 nitrogen and oxygen atoms in total. The van der Waals surface area contributed by atoms with Crippen LogP contribution in [0, 0.1) is 40.9 Å². The van der Waals surface area contributed by atoms with Crippen molar-refractivity contribution in [3.8, 4) is 0 Å². The molecule has 0 bridgehead atoms. The van der Waals surface area contributed by atoms with Crippen LogP contribution in [0.5, 0.6) is 0 Å². The molecular weight excluding hydrogens is 264 g/mol. The van der Waals surface area contributed by atoms with Crippen molar-refractivity contribution in [2.45, 2.75) is 97.3 Å². The summed E-state index contributed by atoms with van der Waals surface area (Å²) in [5.74, 6) is 6.72. The van der Waals surface area contributed by atoms with Gasteiger partial charge >= 0.3 is 0 Å². The van der Waals surface area contributed by atoms with Crippen molar-refractivity contribution in [3.05, 3.63) is 0 Å². The van der Waals surface area contributed by atoms with Crippen LogP contribution in [0.3, 0.4) is 0 Å². The van der Waals surface area contributed by atoms with Crippen LogP contribution >= 0.6 is 0 Å². The summed E-state index contributed by atoms with van der Waals surface area (Å²) < 4.78 is 0. The lowest BCUT2D eigenvalue weighted by atomic mass is 9.47. The molecule has 22 heavy (non-hydrogen) atoms. The van der Waals surface area contributed by atoms with E-state index in [0.29, 0.717) is 0 Å². The minimum Gasteiger partial charge on any atom is -0.0654 e. The van der Waals surface area contributed by atoms with Gasteiger partial charge in [0.05, 0.1) is 0 Å². The van der Waals surface area contributed by atoms with Crippen molar-refractivity contribution in [3.63, 3.8) is 0 Å². The summed E-state index contributed by atoms with van der Waals surface area (Å²) in [6.07, 6.45) is 20.2. The second-order valence-corrected chi connectivity index (χ2v) is 9.84. The van der Waals surface area contributed by atoms with Gasteiger partial charge in [-0.15, -0.1) is 0 Å². The average Bonchev–Trinajstić information content (AvgIpc) is 2.54. The standard InChI is InChI=1S/C22H38/c1-3-6-16-8-10-18-17(15-16)9-11-20-19(18)12-14-22(2)13-5-4-7-21(20)22/h16-21H,3-15H2,1-2H3. The summed E-state index contributed by atoms with van der Waals surface area (Å²) >= 11 is 0. The molecule has 4 fully saturated rings. The van der Waals surface area contributed by atoms with Gasteiger partial charge in [-0.3, -0.25) is 0 Å². The van der Waals surface area contributed by atoms with E-state index in [1.165, 1.54) is 25.7 Å². The Morgan fingerprint density at radius 2 is 1.68 bits per heavy atom. The molecule has 0 aromatic heterocycles. The third-order valence-electron chi connectivity index (χ3n) is 8.79. The zero-order valence-electron chi connectivity index (χ0n) is 15.2. The molecule has 0 spiro atoms. The van der Waals surface area contributed by atoms with Gasteiger partial charge in [-0.2, -0.15) is 0 Å². The molecule has 4 aliphatic rings. The predicted octanol–water partition coefficient (Wildman–Crippen LogP) is 6.84. The highest BCUT2D eigenvalue weighted by Gasteiger charge is 2.52. The highest BCUT2D eigenvalue weighted by atomic mass is 14.6. The number of fused-ring (bicyclic) bond motifs is 5. The lowest BCUT2D eigenvalue weighted by Gasteiger charge is -2.58. The molecule has 4 saturated carbocycles. The Hall–Kier alpha value is 0. The van der Waals surface area contributed by atoms with E-state index in [1.807, 2.05) is 0 Å². The van der Waals surface area contributed by atoms with Crippen LogP contribution in [-0.2, 0) is 0 Å². The Kier molecular flexibility index (Phi) is 4.33. The van der Waals surface area contributed by atoms with Gasteiger partial charge in [-0.1, -0.05) is 46.0 Å². The molecule has 7 unspecified atom stereocenters. The first-order chi connectivity index (χ1) is 10.7. The third kappa shape index (κ3) is 2.57. The van der Waals surface area contributed by atoms with E-state index in [9.17, 15) is 0 Å². The maximum atomic E-state index is 2.66. The SMILES string of the molecule is CCCC1CCC2C(CCC3C2CCC2(C)CCCCC32)C1. The molecule has 0 heterocycles. The highest BCUT2D eigenvalue weighted by molar-refractivity contribution is 5.02. The van der Waals surface area contributed by atoms with Crippen LogP contribution < -0.4 is 0 Å². The van der Waals surface area contributed by atoms with E-state index in [4.69, 9.17) is 0 Å². The first kappa shape index (κ1) is 15.5. The smallest absolute Gasteiger partial charge is 0.0295 e. The summed E-state index contributed by atoms with van der Waals surface area (Å²) in [7, 11) is 0. The summed E-state index contributed by atoms with van der Waals surface area (Å²) in [5.41, 5.74) is 0.742. The molecule has 0 aliphatic heterocycles. The summed E-state index contributed by atoms with van der Waals surface area (Å²) in [6, 6.07) is 0. The van der Waals surface area contributed by atoms with Gasteiger partial charge in [0.2, 0.25) is 0 Å². The minimum atomic E-state index is 0.742. The summed E-state index contributed by atoms with van der Waals surface area (Å²) in [5, 5.41) is 0. The zero-order chi connectivity index (χ0) is 15.2. The molecule has 0 aromatic carbocycles. The Balaban J connectivity index is 1.48. The average molecular weight is 303 g/mol. The van der Waals surface area contributed by atoms with Crippen molar-refractivity contribution < 1.29 is 0 Å². The molecule has 0 aromatic rings. The minimum absolute atomic E-state index is 0.742. The lowest BCUT2D eigenvalue weighted by molar-refractivity contribution is -0.0859. The second-order valence-electron chi connectivity index (χ2n) is 9.84. The Morgan fingerprint density at radius 1 is 0.818 bits per heavy atom. The van der Waals surface area contributed by atoms with Crippen LogP contribution in [0.15, 0.2) is 0 Å². The quantitative estimate of drug-likeness (QED) is 0.524. The number of rotatable bonds is 2. The molecule has 0 amide bonds. The fourth-order valence-electron chi connectivity index (χ4n) is 7.78. The summed E-state index contributed by atoms with van der Waals surface area (Å²) in [4.78, 5) is 0. The zero-order valence-corrected chi connectivity index (χ0v) is 15.2. The van der Waals surface area contributed by atoms with Crippen molar-refractivity contribution in [1.82, 2.24) is 0 Å². The number of hydrogen-bond acceptors (Lipinski definition) is 0. The van der Waals surface area contributed by atoms with Crippen LogP contribution in [0.4, 0.5) is 0 Å². The van der Waals surface area contributed by atoms with Gasteiger partial charge in [-0.25, -0.2) is 0 Å². The van der Waals surface area contributed by atoms with Gasteiger partial charge in [0, 0.05) is 0 Å². The molecule has 7 atom stereocenters. The monoisotopic (exact) mass is 302 g/mol. The van der Waals surface area contributed by atoms with Gasteiger partial charge in [0.15, 0.2) is 0 Å². The van der Waals surface area contributed by atoms with Gasteiger partial charge in [-0.05, 0) is 92.3 Å². The number of hydrogen-bond donors (Lipinski definition) is 0. The van der Waals surface area contributed by atoms with Crippen molar-refractivity contribution >= 4 is 0 Å². The van der Waals surface area contributed by atoms with E-state index in [-0.39, 0.29) is 0 Å². The third-order valence-corrected chi connectivity index (χ3v) is 8.79. The maximum Gasteiger partial charge on any atom is -0.0295 e.